The zero-order valence-corrected chi connectivity index (χ0v) is 23.0. The van der Waals surface area contributed by atoms with E-state index in [0.29, 0.717) is 11.3 Å². The van der Waals surface area contributed by atoms with E-state index in [2.05, 4.69) is 18.0 Å². The van der Waals surface area contributed by atoms with Gasteiger partial charge in [0, 0.05) is 5.41 Å². The lowest BCUT2D eigenvalue weighted by molar-refractivity contribution is -0.128. The molecule has 0 unspecified atom stereocenters. The van der Waals surface area contributed by atoms with Crippen LogP contribution in [-0.2, 0) is 14.9 Å². The minimum absolute atomic E-state index is 0.00265. The molecule has 0 bridgehead atoms. The topological polar surface area (TPSA) is 69.7 Å². The van der Waals surface area contributed by atoms with Gasteiger partial charge in [-0.2, -0.15) is 21.6 Å². The molecule has 0 aliphatic carbocycles. The van der Waals surface area contributed by atoms with Crippen molar-refractivity contribution in [1.82, 2.24) is 0 Å². The van der Waals surface area contributed by atoms with Gasteiger partial charge in [-0.3, -0.25) is 4.79 Å². The number of benzene rings is 2. The minimum Gasteiger partial charge on any atom is -0.486 e. The number of aryl methyl sites for hydroxylation is 2. The maximum atomic E-state index is 12.7. The Morgan fingerprint density at radius 3 is 1.71 bits per heavy atom. The van der Waals surface area contributed by atoms with Crippen molar-refractivity contribution in [2.24, 2.45) is 5.41 Å². The second-order valence-electron chi connectivity index (χ2n) is 9.69. The van der Waals surface area contributed by atoms with E-state index in [1.807, 2.05) is 45.9 Å². The zero-order valence-electron chi connectivity index (χ0n) is 21.2. The molecule has 0 spiro atoms. The molecule has 0 aromatic heterocycles. The molecule has 0 saturated heterocycles. The van der Waals surface area contributed by atoms with E-state index < -0.39 is 29.1 Å². The van der Waals surface area contributed by atoms with Crippen LogP contribution in [0.2, 0.25) is 12.1 Å². The van der Waals surface area contributed by atoms with Crippen LogP contribution in [0.1, 0.15) is 45.7 Å². The standard InChI is InChI=1S/C25H33F3O5SSi/c1-8-35(9-2,19-10-12-21(17(3)14-19)32-16-23(29)24(5,6)7)20-11-13-22(18(4)15-20)33-34(30,31)25(26,27)28/h10-15H,8-9,16H2,1-7H3. The second-order valence-corrected chi connectivity index (χ2v) is 16.0. The van der Waals surface area contributed by atoms with Crippen LogP contribution in [0.4, 0.5) is 13.2 Å². The van der Waals surface area contributed by atoms with Gasteiger partial charge in [0.25, 0.3) is 0 Å². The van der Waals surface area contributed by atoms with Crippen LogP contribution in [0, 0.1) is 19.3 Å². The van der Waals surface area contributed by atoms with E-state index in [0.717, 1.165) is 28.0 Å². The van der Waals surface area contributed by atoms with Gasteiger partial charge in [0.15, 0.2) is 5.78 Å². The van der Waals surface area contributed by atoms with Gasteiger partial charge in [0.05, 0.1) is 0 Å². The Morgan fingerprint density at radius 1 is 0.886 bits per heavy atom. The van der Waals surface area contributed by atoms with Crippen LogP contribution in [0.5, 0.6) is 11.5 Å². The van der Waals surface area contributed by atoms with E-state index in [1.165, 1.54) is 13.0 Å². The van der Waals surface area contributed by atoms with Crippen molar-refractivity contribution < 1.29 is 35.3 Å². The number of hydrogen-bond donors (Lipinski definition) is 0. The first kappa shape index (κ1) is 28.9. The molecule has 0 heterocycles. The van der Waals surface area contributed by atoms with Crippen LogP contribution >= 0.6 is 0 Å². The number of ether oxygens (including phenoxy) is 1. The molecule has 194 valence electrons. The van der Waals surface area contributed by atoms with Gasteiger partial charge >= 0.3 is 15.6 Å². The van der Waals surface area contributed by atoms with Crippen LogP contribution in [0.3, 0.4) is 0 Å². The molecule has 0 saturated carbocycles. The predicted molar refractivity (Wildman–Crippen MR) is 134 cm³/mol. The van der Waals surface area contributed by atoms with Crippen LogP contribution in [-0.4, -0.2) is 34.4 Å². The third-order valence-corrected chi connectivity index (χ3v) is 12.6. The molecule has 0 fully saturated rings. The Balaban J connectivity index is 2.41. The summed E-state index contributed by atoms with van der Waals surface area (Å²) in [7, 11) is -8.07. The molecule has 10 heteroatoms. The van der Waals surface area contributed by atoms with Gasteiger partial charge in [-0.25, -0.2) is 0 Å². The summed E-state index contributed by atoms with van der Waals surface area (Å²) in [6.45, 7) is 13.1. The highest BCUT2D eigenvalue weighted by Crippen LogP contribution is 2.29. The second kappa shape index (κ2) is 10.3. The summed E-state index contributed by atoms with van der Waals surface area (Å²) in [6.07, 6.45) is 0. The molecule has 35 heavy (non-hydrogen) atoms. The summed E-state index contributed by atoms with van der Waals surface area (Å²) < 4.78 is 71.2. The lowest BCUT2D eigenvalue weighted by atomic mass is 9.91. The Bertz CT molecular complexity index is 1180. The number of carbonyl (C=O) groups excluding carboxylic acids is 1. The number of hydrogen-bond acceptors (Lipinski definition) is 5. The third-order valence-electron chi connectivity index (χ3n) is 6.34. The summed E-state index contributed by atoms with van der Waals surface area (Å²) in [5.41, 5.74) is -4.79. The quantitative estimate of drug-likeness (QED) is 0.255. The molecular formula is C25H33F3O5SSi. The molecule has 5 nitrogen and oxygen atoms in total. The molecule has 0 radical (unpaired) electrons. The summed E-state index contributed by atoms with van der Waals surface area (Å²) in [5.74, 6) is 0.278. The molecule has 0 atom stereocenters. The van der Waals surface area contributed by atoms with Crippen LogP contribution in [0.15, 0.2) is 36.4 Å². The van der Waals surface area contributed by atoms with Crippen molar-refractivity contribution in [2.75, 3.05) is 6.61 Å². The average Bonchev–Trinajstić information content (AvgIpc) is 2.74. The summed E-state index contributed by atoms with van der Waals surface area (Å²) in [5, 5.41) is 2.08. The largest absolute Gasteiger partial charge is 0.534 e. The number of Topliss-reactive ketones (excluding diaryl/α,β-unsaturated/α-hetero) is 1. The summed E-state index contributed by atoms with van der Waals surface area (Å²) in [4.78, 5) is 12.2. The average molecular weight is 531 g/mol. The fraction of sp³-hybridized carbons (Fsp3) is 0.480. The van der Waals surface area contributed by atoms with Crippen LogP contribution < -0.4 is 19.3 Å². The molecule has 2 aromatic carbocycles. The molecule has 0 amide bonds. The first-order chi connectivity index (χ1) is 16.0. The minimum atomic E-state index is -5.74. The molecule has 2 rings (SSSR count). The monoisotopic (exact) mass is 530 g/mol. The lowest BCUT2D eigenvalue weighted by Gasteiger charge is -2.32. The Kier molecular flexibility index (Phi) is 8.54. The van der Waals surface area contributed by atoms with Crippen molar-refractivity contribution in [3.63, 3.8) is 0 Å². The summed E-state index contributed by atoms with van der Waals surface area (Å²) in [6, 6.07) is 12.2. The van der Waals surface area contributed by atoms with Crippen molar-refractivity contribution in [1.29, 1.82) is 0 Å². The first-order valence-electron chi connectivity index (χ1n) is 11.4. The van der Waals surface area contributed by atoms with Gasteiger partial charge in [-0.05, 0) is 37.1 Å². The van der Waals surface area contributed by atoms with Crippen LogP contribution in [0.25, 0.3) is 0 Å². The lowest BCUT2D eigenvalue weighted by Crippen LogP contribution is -2.57. The Labute approximate surface area is 206 Å². The predicted octanol–water partition coefficient (Wildman–Crippen LogP) is 5.13. The van der Waals surface area contributed by atoms with Gasteiger partial charge in [-0.15, -0.1) is 0 Å². The van der Waals surface area contributed by atoms with Gasteiger partial charge in [0.1, 0.15) is 26.2 Å². The molecule has 0 N–H and O–H groups in total. The van der Waals surface area contributed by atoms with Crippen molar-refractivity contribution >= 4 is 34.3 Å². The number of ketones is 1. The highest BCUT2D eigenvalue weighted by atomic mass is 32.2. The first-order valence-corrected chi connectivity index (χ1v) is 15.2. The van der Waals surface area contributed by atoms with E-state index in [-0.39, 0.29) is 18.1 Å². The highest BCUT2D eigenvalue weighted by Gasteiger charge is 2.48. The molecule has 2 aromatic rings. The molecule has 0 aliphatic heterocycles. The van der Waals surface area contributed by atoms with Gasteiger partial charge in [-0.1, -0.05) is 81.3 Å². The Morgan fingerprint density at radius 2 is 1.34 bits per heavy atom. The van der Waals surface area contributed by atoms with Crippen molar-refractivity contribution in [3.8, 4) is 11.5 Å². The number of carbonyl (C=O) groups is 1. The summed E-state index contributed by atoms with van der Waals surface area (Å²) >= 11 is 0. The van der Waals surface area contributed by atoms with E-state index in [4.69, 9.17) is 4.74 Å². The maximum Gasteiger partial charge on any atom is 0.534 e. The Hall–Kier alpha value is -2.33. The fourth-order valence-corrected chi connectivity index (χ4v) is 8.68. The van der Waals surface area contributed by atoms with E-state index in [9.17, 15) is 26.4 Å². The molecular weight excluding hydrogens is 497 g/mol. The van der Waals surface area contributed by atoms with Gasteiger partial charge in [0.2, 0.25) is 0 Å². The van der Waals surface area contributed by atoms with Crippen molar-refractivity contribution in [3.05, 3.63) is 47.5 Å². The van der Waals surface area contributed by atoms with Gasteiger partial charge < -0.3 is 8.92 Å². The fourth-order valence-electron chi connectivity index (χ4n) is 3.91. The number of alkyl halides is 3. The normalized spacial score (nSPS) is 13.0. The SMILES string of the molecule is CC[Si](CC)(c1ccc(OCC(=O)C(C)(C)C)c(C)c1)c1ccc(OS(=O)(=O)C(F)(F)F)c(C)c1. The zero-order chi connectivity index (χ0) is 26.8. The molecule has 0 aliphatic rings. The maximum absolute atomic E-state index is 12.7. The van der Waals surface area contributed by atoms with E-state index in [1.54, 1.807) is 12.1 Å². The smallest absolute Gasteiger partial charge is 0.486 e. The van der Waals surface area contributed by atoms with Crippen molar-refractivity contribution in [2.45, 2.75) is 66.1 Å². The number of rotatable bonds is 9. The number of halogens is 3. The highest BCUT2D eigenvalue weighted by molar-refractivity contribution is 7.88. The third kappa shape index (κ3) is 6.27. The van der Waals surface area contributed by atoms with E-state index >= 15 is 0 Å².